The fourth-order valence-corrected chi connectivity index (χ4v) is 1.40. The molecule has 0 bridgehead atoms. The van der Waals surface area contributed by atoms with Crippen molar-refractivity contribution in [1.82, 2.24) is 0 Å². The number of benzene rings is 1. The molecule has 1 aromatic rings. The lowest BCUT2D eigenvalue weighted by Gasteiger charge is -1.99. The number of unbranched alkanes of at least 4 members (excludes halogenated alkanes) is 1. The Morgan fingerprint density at radius 2 is 1.33 bits per heavy atom. The van der Waals surface area contributed by atoms with E-state index < -0.39 is 11.9 Å². The van der Waals surface area contributed by atoms with Crippen molar-refractivity contribution in [1.29, 1.82) is 0 Å². The van der Waals surface area contributed by atoms with Crippen molar-refractivity contribution in [3.8, 4) is 0 Å². The molecule has 2 N–H and O–H groups in total. The number of esters is 3. The minimum Gasteiger partial charge on any atom is -0.478 e. The Labute approximate surface area is 232 Å². The van der Waals surface area contributed by atoms with Gasteiger partial charge in [0.05, 0.1) is 20.3 Å². The van der Waals surface area contributed by atoms with Crippen LogP contribution in [0.15, 0.2) is 86.0 Å². The number of methoxy groups -OCH3 is 1. The predicted molar refractivity (Wildman–Crippen MR) is 155 cm³/mol. The first-order chi connectivity index (χ1) is 18.2. The van der Waals surface area contributed by atoms with Crippen molar-refractivity contribution in [2.45, 2.75) is 40.5 Å². The fraction of sp³-hybridized carbons (Fsp3) is 0.333. The van der Waals surface area contributed by atoms with Crippen LogP contribution in [0.25, 0.3) is 6.08 Å². The van der Waals surface area contributed by atoms with Crippen LogP contribution in [-0.4, -0.2) is 61.0 Å². The molecule has 0 saturated carbocycles. The highest BCUT2D eigenvalue weighted by Gasteiger charge is 2.00. The molecule has 1 rings (SSSR count). The minimum atomic E-state index is -0.935. The molecule has 0 amide bonds. The van der Waals surface area contributed by atoms with Gasteiger partial charge in [0.1, 0.15) is 6.61 Å². The van der Waals surface area contributed by atoms with E-state index in [9.17, 15) is 19.2 Å². The molecule has 0 aliphatic carbocycles. The number of ether oxygens (including phenoxy) is 3. The lowest BCUT2D eigenvalue weighted by atomic mass is 10.2. The van der Waals surface area contributed by atoms with Crippen LogP contribution >= 0.6 is 0 Å². The minimum absolute atomic E-state index is 0.0473. The van der Waals surface area contributed by atoms with E-state index in [0.717, 1.165) is 12.8 Å². The average Bonchev–Trinajstić information content (AvgIpc) is 2.92. The van der Waals surface area contributed by atoms with Crippen molar-refractivity contribution in [2.24, 2.45) is 0 Å². The van der Waals surface area contributed by atoms with Crippen LogP contribution in [0, 0.1) is 0 Å². The molecule has 1 aromatic carbocycles. The second-order valence-corrected chi connectivity index (χ2v) is 7.34. The van der Waals surface area contributed by atoms with Crippen molar-refractivity contribution in [3.63, 3.8) is 0 Å². The van der Waals surface area contributed by atoms with Crippen LogP contribution in [0.4, 0.5) is 0 Å². The Balaban J connectivity index is -0.000000198. The van der Waals surface area contributed by atoms with E-state index in [1.54, 1.807) is 13.8 Å². The summed E-state index contributed by atoms with van der Waals surface area (Å²) in [6.45, 7) is 23.8. The Kier molecular flexibility index (Phi) is 32.2. The summed E-state index contributed by atoms with van der Waals surface area (Å²) in [5.74, 6) is -2.07. The maximum atomic E-state index is 10.5. The van der Waals surface area contributed by atoms with Gasteiger partial charge in [-0.15, -0.1) is 0 Å². The normalized spacial score (nSPS) is 8.26. The summed E-state index contributed by atoms with van der Waals surface area (Å²) in [4.78, 5) is 40.6. The molecule has 0 atom stereocenters. The maximum absolute atomic E-state index is 10.5. The second-order valence-electron chi connectivity index (χ2n) is 7.34. The standard InChI is InChI=1S/C8H8.C7H12O2.C6H10O3.C5H8O2.C4H6O2/c1-2-8-6-4-3-5-7-8;1-3-5-6-9-7(8)4-2;1-5(2)6(8)9-4-3-7;1-4(2)5(6)7-3;1-3(2)4(5)6/h2-7H,1H2;4H,2-3,5-6H2,1H3;7H,1,3-4H2,2H3;1H2,2-3H3;1H2,2H3,(H,5,6). The molecule has 0 spiro atoms. The lowest BCUT2D eigenvalue weighted by molar-refractivity contribution is -0.140. The van der Waals surface area contributed by atoms with E-state index in [0.29, 0.717) is 17.8 Å². The highest BCUT2D eigenvalue weighted by atomic mass is 16.5. The summed E-state index contributed by atoms with van der Waals surface area (Å²) in [5, 5.41) is 16.1. The summed E-state index contributed by atoms with van der Waals surface area (Å²) in [6, 6.07) is 10.0. The maximum Gasteiger partial charge on any atom is 0.333 e. The SMILES string of the molecule is C=C(C)C(=O)O.C=C(C)C(=O)OC.C=C(C)C(=O)OCCO.C=CC(=O)OCCCC.C=Cc1ccccc1. The largest absolute Gasteiger partial charge is 0.478 e. The Morgan fingerprint density at radius 3 is 1.59 bits per heavy atom. The third-order valence-corrected chi connectivity index (χ3v) is 3.52. The van der Waals surface area contributed by atoms with Crippen molar-refractivity contribution < 1.29 is 43.6 Å². The highest BCUT2D eigenvalue weighted by molar-refractivity contribution is 5.87. The summed E-state index contributed by atoms with van der Waals surface area (Å²) in [5.41, 5.74) is 2.13. The van der Waals surface area contributed by atoms with Crippen molar-refractivity contribution in [3.05, 3.63) is 91.6 Å². The number of carbonyl (C=O) groups is 4. The first-order valence-corrected chi connectivity index (χ1v) is 11.8. The topological polar surface area (TPSA) is 136 Å². The first kappa shape index (κ1) is 41.9. The van der Waals surface area contributed by atoms with Gasteiger partial charge in [-0.05, 0) is 32.8 Å². The van der Waals surface area contributed by atoms with E-state index in [1.807, 2.05) is 43.3 Å². The molecule has 0 unspecified atom stereocenters. The zero-order valence-electron chi connectivity index (χ0n) is 23.9. The van der Waals surface area contributed by atoms with Gasteiger partial charge in [0.2, 0.25) is 0 Å². The van der Waals surface area contributed by atoms with Gasteiger partial charge in [-0.3, -0.25) is 0 Å². The zero-order valence-corrected chi connectivity index (χ0v) is 23.9. The number of hydrogen-bond acceptors (Lipinski definition) is 8. The monoisotopic (exact) mass is 548 g/mol. The Hall–Kier alpha value is -4.24. The molecule has 39 heavy (non-hydrogen) atoms. The van der Waals surface area contributed by atoms with Crippen LogP contribution in [-0.2, 0) is 33.4 Å². The van der Waals surface area contributed by atoms with Crippen LogP contribution in [0.5, 0.6) is 0 Å². The van der Waals surface area contributed by atoms with Crippen LogP contribution in [0.3, 0.4) is 0 Å². The van der Waals surface area contributed by atoms with E-state index in [2.05, 4.69) is 47.1 Å². The second kappa shape index (κ2) is 30.0. The Morgan fingerprint density at radius 1 is 0.846 bits per heavy atom. The predicted octanol–water partition coefficient (Wildman–Crippen LogP) is 5.33. The zero-order chi connectivity index (χ0) is 31.2. The van der Waals surface area contributed by atoms with Gasteiger partial charge in [-0.1, -0.05) is 82.6 Å². The molecule has 0 aliphatic rings. The number of aliphatic hydroxyl groups excluding tert-OH is 1. The fourth-order valence-electron chi connectivity index (χ4n) is 1.40. The smallest absolute Gasteiger partial charge is 0.333 e. The van der Waals surface area contributed by atoms with Crippen molar-refractivity contribution >= 4 is 30.0 Å². The number of hydrogen-bond donors (Lipinski definition) is 2. The van der Waals surface area contributed by atoms with Gasteiger partial charge in [0.25, 0.3) is 0 Å². The molecule has 218 valence electrons. The Bertz CT molecular complexity index is 886. The van der Waals surface area contributed by atoms with Crippen LogP contribution < -0.4 is 0 Å². The van der Waals surface area contributed by atoms with Gasteiger partial charge in [0.15, 0.2) is 0 Å². The number of carboxylic acid groups (broad SMARTS) is 1. The summed E-state index contributed by atoms with van der Waals surface area (Å²) < 4.78 is 13.4. The molecule has 9 heteroatoms. The summed E-state index contributed by atoms with van der Waals surface area (Å²) in [7, 11) is 1.33. The molecule has 0 fully saturated rings. The lowest BCUT2D eigenvalue weighted by Crippen LogP contribution is -2.08. The first-order valence-electron chi connectivity index (χ1n) is 11.8. The number of carbonyl (C=O) groups excluding carboxylic acids is 3. The van der Waals surface area contributed by atoms with Gasteiger partial charge < -0.3 is 24.4 Å². The van der Waals surface area contributed by atoms with Gasteiger partial charge in [-0.2, -0.15) is 0 Å². The van der Waals surface area contributed by atoms with Gasteiger partial charge in [-0.25, -0.2) is 19.2 Å². The number of rotatable bonds is 10. The van der Waals surface area contributed by atoms with E-state index in [1.165, 1.54) is 25.7 Å². The molecule has 0 heterocycles. The molecule has 0 aromatic heterocycles. The van der Waals surface area contributed by atoms with E-state index >= 15 is 0 Å². The van der Waals surface area contributed by atoms with E-state index in [4.69, 9.17) is 10.2 Å². The molecule has 0 radical (unpaired) electrons. The third-order valence-electron chi connectivity index (χ3n) is 3.52. The van der Waals surface area contributed by atoms with Crippen LogP contribution in [0.2, 0.25) is 0 Å². The third kappa shape index (κ3) is 36.0. The average molecular weight is 549 g/mol. The molecular formula is C30H44O9. The van der Waals surface area contributed by atoms with Crippen LogP contribution in [0.1, 0.15) is 46.1 Å². The van der Waals surface area contributed by atoms with Gasteiger partial charge in [0, 0.05) is 22.8 Å². The molecule has 0 saturated heterocycles. The molecule has 9 nitrogen and oxygen atoms in total. The highest BCUT2D eigenvalue weighted by Crippen LogP contribution is 1.97. The number of aliphatic hydroxyl groups is 1. The number of aliphatic carboxylic acids is 1. The molecule has 0 aliphatic heterocycles. The summed E-state index contributed by atoms with van der Waals surface area (Å²) >= 11 is 0. The van der Waals surface area contributed by atoms with E-state index in [-0.39, 0.29) is 30.7 Å². The van der Waals surface area contributed by atoms with Crippen molar-refractivity contribution in [2.75, 3.05) is 26.9 Å². The number of carboxylic acids is 1. The van der Waals surface area contributed by atoms with Gasteiger partial charge >= 0.3 is 23.9 Å². The molecular weight excluding hydrogens is 504 g/mol. The summed E-state index contributed by atoms with van der Waals surface area (Å²) in [6.07, 6.45) is 4.99. The quantitative estimate of drug-likeness (QED) is 0.172.